The Hall–Kier alpha value is -1.23. The van der Waals surface area contributed by atoms with E-state index in [0.717, 1.165) is 35.3 Å². The highest BCUT2D eigenvalue weighted by Gasteiger charge is 2.10. The molecule has 0 radical (unpaired) electrons. The van der Waals surface area contributed by atoms with Crippen LogP contribution in [-0.4, -0.2) is 13.3 Å². The van der Waals surface area contributed by atoms with Gasteiger partial charge >= 0.3 is 0 Å². The number of hydrogen-bond acceptors (Lipinski definition) is 4. The molecule has 0 saturated carbocycles. The van der Waals surface area contributed by atoms with Crippen molar-refractivity contribution in [3.8, 4) is 11.5 Å². The maximum Gasteiger partial charge on any atom is 0.146 e. The number of ether oxygens (including phenoxy) is 2. The average molecular weight is 667 g/mol. The zero-order valence-corrected chi connectivity index (χ0v) is 21.8. The highest BCUT2D eigenvalue weighted by molar-refractivity contribution is 14.1. The molecule has 0 atom stereocenters. The largest absolute Gasteiger partial charge is 0.496 e. The lowest BCUT2D eigenvalue weighted by Crippen LogP contribution is -2.07. The monoisotopic (exact) mass is 666 g/mol. The van der Waals surface area contributed by atoms with Crippen molar-refractivity contribution >= 4 is 74.6 Å². The minimum absolute atomic E-state index is 0.371. The Bertz CT molecular complexity index is 1040. The van der Waals surface area contributed by atoms with Crippen LogP contribution < -0.4 is 14.9 Å². The number of para-hydroxylation sites is 1. The summed E-state index contributed by atoms with van der Waals surface area (Å²) in [7, 11) is 1.66. The van der Waals surface area contributed by atoms with Crippen molar-refractivity contribution in [2.75, 3.05) is 7.11 Å². The second-order valence-electron chi connectivity index (χ2n) is 6.24. The van der Waals surface area contributed by atoms with Crippen LogP contribution in [0.15, 0.2) is 59.7 Å². The topological polar surface area (TPSA) is 42.8 Å². The second kappa shape index (κ2) is 11.4. The first kappa shape index (κ1) is 23.4. The number of nitrogens with one attached hydrogen (secondary N) is 1. The van der Waals surface area contributed by atoms with E-state index in [0.29, 0.717) is 23.2 Å². The van der Waals surface area contributed by atoms with Crippen molar-refractivity contribution in [3.05, 3.63) is 88.5 Å². The van der Waals surface area contributed by atoms with Gasteiger partial charge in [0.25, 0.3) is 0 Å². The molecule has 0 spiro atoms. The molecule has 3 aromatic rings. The molecule has 0 fully saturated rings. The fraction of sp³-hybridized carbons (Fsp3) is 0.136. The lowest BCUT2D eigenvalue weighted by atomic mass is 10.2. The first-order valence-electron chi connectivity index (χ1n) is 8.91. The van der Waals surface area contributed by atoms with Gasteiger partial charge in [0.15, 0.2) is 0 Å². The smallest absolute Gasteiger partial charge is 0.146 e. The fourth-order valence-electron chi connectivity index (χ4n) is 2.68. The van der Waals surface area contributed by atoms with Crippen molar-refractivity contribution in [2.45, 2.75) is 13.2 Å². The molecule has 0 unspecified atom stereocenters. The molecule has 156 valence electrons. The lowest BCUT2D eigenvalue weighted by molar-refractivity contribution is 0.302. The molecule has 0 saturated heterocycles. The van der Waals surface area contributed by atoms with Crippen LogP contribution in [0.5, 0.6) is 11.5 Å². The highest BCUT2D eigenvalue weighted by Crippen LogP contribution is 2.30. The summed E-state index contributed by atoms with van der Waals surface area (Å²) in [6.07, 6.45) is 1.79. The molecule has 0 aromatic heterocycles. The van der Waals surface area contributed by atoms with Crippen molar-refractivity contribution in [1.82, 2.24) is 5.43 Å². The van der Waals surface area contributed by atoms with Gasteiger partial charge in [-0.1, -0.05) is 47.5 Å². The number of hydrogen-bond donors (Lipinski definition) is 1. The van der Waals surface area contributed by atoms with Crippen molar-refractivity contribution < 1.29 is 9.47 Å². The van der Waals surface area contributed by atoms with Crippen LogP contribution in [0.2, 0.25) is 10.0 Å². The highest BCUT2D eigenvalue weighted by atomic mass is 127. The van der Waals surface area contributed by atoms with E-state index in [9.17, 15) is 0 Å². The Labute approximate surface area is 213 Å². The summed E-state index contributed by atoms with van der Waals surface area (Å²) in [5, 5.41) is 5.53. The Morgan fingerprint density at radius 2 is 1.73 bits per heavy atom. The molecule has 0 heterocycles. The van der Waals surface area contributed by atoms with Gasteiger partial charge in [0, 0.05) is 21.2 Å². The average Bonchev–Trinajstić information content (AvgIpc) is 2.72. The van der Waals surface area contributed by atoms with Gasteiger partial charge in [-0.05, 0) is 81.1 Å². The van der Waals surface area contributed by atoms with Gasteiger partial charge < -0.3 is 14.9 Å². The van der Waals surface area contributed by atoms with Crippen LogP contribution in [0.25, 0.3) is 0 Å². The zero-order chi connectivity index (χ0) is 21.5. The van der Waals surface area contributed by atoms with Gasteiger partial charge in [-0.25, -0.2) is 0 Å². The Morgan fingerprint density at radius 1 is 1.00 bits per heavy atom. The third kappa shape index (κ3) is 6.38. The molecule has 4 nitrogen and oxygen atoms in total. The zero-order valence-electron chi connectivity index (χ0n) is 16.0. The molecule has 8 heteroatoms. The molecule has 0 aliphatic carbocycles. The second-order valence-corrected chi connectivity index (χ2v) is 9.41. The Kier molecular flexibility index (Phi) is 8.91. The summed E-state index contributed by atoms with van der Waals surface area (Å²) >= 11 is 16.7. The van der Waals surface area contributed by atoms with E-state index in [4.69, 9.17) is 32.7 Å². The van der Waals surface area contributed by atoms with Crippen molar-refractivity contribution in [2.24, 2.45) is 5.10 Å². The SMILES string of the molecule is COc1ccccc1CN/N=C\c1cc(I)c(OCc2ccc(Cl)cc2Cl)c(I)c1. The normalized spacial score (nSPS) is 11.0. The molecule has 0 aliphatic heterocycles. The van der Waals surface area contributed by atoms with Crippen LogP contribution in [0.3, 0.4) is 0 Å². The van der Waals surface area contributed by atoms with Crippen LogP contribution in [0.1, 0.15) is 16.7 Å². The van der Waals surface area contributed by atoms with Crippen molar-refractivity contribution in [1.29, 1.82) is 0 Å². The van der Waals surface area contributed by atoms with E-state index in [1.54, 1.807) is 25.5 Å². The summed E-state index contributed by atoms with van der Waals surface area (Å²) in [4.78, 5) is 0. The first-order chi connectivity index (χ1) is 14.5. The molecule has 30 heavy (non-hydrogen) atoms. The van der Waals surface area contributed by atoms with Crippen LogP contribution in [0, 0.1) is 7.14 Å². The maximum atomic E-state index is 6.23. The number of benzene rings is 3. The van der Waals surface area contributed by atoms with E-state index >= 15 is 0 Å². The molecule has 0 aliphatic rings. The minimum atomic E-state index is 0.371. The predicted molar refractivity (Wildman–Crippen MR) is 140 cm³/mol. The summed E-state index contributed by atoms with van der Waals surface area (Å²) in [5.74, 6) is 1.66. The lowest BCUT2D eigenvalue weighted by Gasteiger charge is -2.12. The van der Waals surface area contributed by atoms with Crippen LogP contribution in [0.4, 0.5) is 0 Å². The Balaban J connectivity index is 1.63. The minimum Gasteiger partial charge on any atom is -0.496 e. The van der Waals surface area contributed by atoms with Gasteiger partial charge in [-0.3, -0.25) is 0 Å². The first-order valence-corrected chi connectivity index (χ1v) is 11.8. The standard InChI is InChI=1S/C22H18Cl2I2N2O2/c1-29-21-5-3-2-4-15(21)12-28-27-11-14-8-19(25)22(20(26)9-14)30-13-16-6-7-17(23)10-18(16)24/h2-11,28H,12-13H2,1H3/b27-11-. The molecule has 0 bridgehead atoms. The van der Waals surface area contributed by atoms with Gasteiger partial charge in [0.1, 0.15) is 18.1 Å². The number of rotatable bonds is 8. The van der Waals surface area contributed by atoms with Gasteiger partial charge in [0.2, 0.25) is 0 Å². The summed E-state index contributed by atoms with van der Waals surface area (Å²) in [6, 6.07) is 17.3. The van der Waals surface area contributed by atoms with Gasteiger partial charge in [0.05, 0.1) is 27.0 Å². The van der Waals surface area contributed by atoms with E-state index in [1.165, 1.54) is 0 Å². The number of hydrazone groups is 1. The molecule has 0 amide bonds. The predicted octanol–water partition coefficient (Wildman–Crippen LogP) is 6.91. The third-order valence-corrected chi connectivity index (χ3v) is 6.36. The van der Waals surface area contributed by atoms with Crippen LogP contribution >= 0.6 is 68.4 Å². The molecule has 3 rings (SSSR count). The van der Waals surface area contributed by atoms with Gasteiger partial charge in [-0.2, -0.15) is 5.10 Å². The molecule has 1 N–H and O–H groups in total. The Morgan fingerprint density at radius 3 is 2.43 bits per heavy atom. The summed E-state index contributed by atoms with van der Waals surface area (Å²) < 4.78 is 13.4. The summed E-state index contributed by atoms with van der Waals surface area (Å²) in [6.45, 7) is 0.952. The number of methoxy groups -OCH3 is 1. The number of nitrogens with zero attached hydrogens (tertiary/aromatic N) is 1. The molecule has 3 aromatic carbocycles. The van der Waals surface area contributed by atoms with Crippen molar-refractivity contribution in [3.63, 3.8) is 0 Å². The van der Waals surface area contributed by atoms with Crippen LogP contribution in [-0.2, 0) is 13.2 Å². The van der Waals surface area contributed by atoms with E-state index in [1.807, 2.05) is 42.5 Å². The van der Waals surface area contributed by atoms with E-state index in [-0.39, 0.29) is 0 Å². The van der Waals surface area contributed by atoms with Gasteiger partial charge in [-0.15, -0.1) is 0 Å². The maximum absolute atomic E-state index is 6.23. The fourth-order valence-corrected chi connectivity index (χ4v) is 5.27. The quantitative estimate of drug-likeness (QED) is 0.161. The third-order valence-electron chi connectivity index (χ3n) is 4.17. The molecular formula is C22H18Cl2I2N2O2. The number of halogens is 4. The molecular weight excluding hydrogens is 649 g/mol. The van der Waals surface area contributed by atoms with E-state index < -0.39 is 0 Å². The van der Waals surface area contributed by atoms with E-state index in [2.05, 4.69) is 55.7 Å². The summed E-state index contributed by atoms with van der Waals surface area (Å²) in [5.41, 5.74) is 5.98.